The molecule has 2 aromatic carbocycles. The number of aromatic nitrogens is 2. The Labute approximate surface area is 107 Å². The molecule has 0 aliphatic rings. The van der Waals surface area contributed by atoms with Gasteiger partial charge in [-0.15, -0.1) is 0 Å². The minimum Gasteiger partial charge on any atom is -0.230 e. The lowest BCUT2D eigenvalue weighted by Crippen LogP contribution is -2.36. The summed E-state index contributed by atoms with van der Waals surface area (Å²) in [6.07, 6.45) is 0. The van der Waals surface area contributed by atoms with Crippen molar-refractivity contribution in [3.8, 4) is 11.3 Å². The molecule has 2 heteroatoms. The summed E-state index contributed by atoms with van der Waals surface area (Å²) in [5.41, 5.74) is 3.49. The Morgan fingerprint density at radius 1 is 0.889 bits per heavy atom. The fourth-order valence-electron chi connectivity index (χ4n) is 2.31. The molecular weight excluding hydrogens is 220 g/mol. The lowest BCUT2D eigenvalue weighted by molar-refractivity contribution is -0.668. The molecule has 18 heavy (non-hydrogen) atoms. The van der Waals surface area contributed by atoms with E-state index in [1.165, 1.54) is 16.6 Å². The van der Waals surface area contributed by atoms with Crippen LogP contribution in [0.5, 0.6) is 0 Å². The first-order valence-corrected chi connectivity index (χ1v) is 6.08. The highest BCUT2D eigenvalue weighted by atomic mass is 15.0. The molecule has 0 bridgehead atoms. The van der Waals surface area contributed by atoms with E-state index in [-0.39, 0.29) is 0 Å². The summed E-state index contributed by atoms with van der Waals surface area (Å²) in [6, 6.07) is 18.7. The molecule has 3 rings (SSSR count). The van der Waals surface area contributed by atoms with Crippen molar-refractivity contribution in [1.29, 1.82) is 0 Å². The van der Waals surface area contributed by atoms with E-state index in [4.69, 9.17) is 0 Å². The third-order valence-corrected chi connectivity index (χ3v) is 3.31. The monoisotopic (exact) mass is 235 g/mol. The van der Waals surface area contributed by atoms with Crippen molar-refractivity contribution in [2.45, 2.75) is 6.92 Å². The second-order valence-electron chi connectivity index (χ2n) is 4.45. The fourth-order valence-corrected chi connectivity index (χ4v) is 2.31. The van der Waals surface area contributed by atoms with Crippen LogP contribution in [0.15, 0.2) is 54.6 Å². The third kappa shape index (κ3) is 1.66. The van der Waals surface area contributed by atoms with Gasteiger partial charge < -0.3 is 0 Å². The Hall–Kier alpha value is -2.22. The van der Waals surface area contributed by atoms with Gasteiger partial charge in [0.25, 0.3) is 5.82 Å². The maximum atomic E-state index is 4.62. The summed E-state index contributed by atoms with van der Waals surface area (Å²) in [6.45, 7) is 2.04. The zero-order valence-corrected chi connectivity index (χ0v) is 10.6. The Bertz CT molecular complexity index is 703. The Balaban J connectivity index is 2.43. The van der Waals surface area contributed by atoms with Crippen molar-refractivity contribution >= 4 is 10.9 Å². The van der Waals surface area contributed by atoms with E-state index in [2.05, 4.69) is 59.1 Å². The Morgan fingerprint density at radius 3 is 2.33 bits per heavy atom. The average molecular weight is 235 g/mol. The van der Waals surface area contributed by atoms with E-state index in [1.54, 1.807) is 0 Å². The molecule has 88 valence electrons. The molecule has 0 unspecified atom stereocenters. The minimum absolute atomic E-state index is 1.02. The van der Waals surface area contributed by atoms with Crippen LogP contribution in [-0.2, 0) is 7.05 Å². The minimum atomic E-state index is 1.02. The summed E-state index contributed by atoms with van der Waals surface area (Å²) in [5, 5.41) is 1.19. The zero-order chi connectivity index (χ0) is 12.5. The molecule has 0 aliphatic heterocycles. The quantitative estimate of drug-likeness (QED) is 0.592. The van der Waals surface area contributed by atoms with Crippen LogP contribution in [0, 0.1) is 6.92 Å². The van der Waals surface area contributed by atoms with Gasteiger partial charge in [0.2, 0.25) is 0 Å². The number of fused-ring (bicyclic) bond motifs is 1. The van der Waals surface area contributed by atoms with Crippen LogP contribution in [0.25, 0.3) is 22.2 Å². The van der Waals surface area contributed by atoms with Gasteiger partial charge in [-0.25, -0.2) is 4.57 Å². The van der Waals surface area contributed by atoms with Gasteiger partial charge in [-0.1, -0.05) is 42.5 Å². The molecule has 0 aliphatic carbocycles. The topological polar surface area (TPSA) is 16.8 Å². The molecule has 0 atom stereocenters. The van der Waals surface area contributed by atoms with Crippen LogP contribution in [0.1, 0.15) is 5.82 Å². The molecule has 3 aromatic rings. The fraction of sp³-hybridized carbons (Fsp3) is 0.125. The SMILES string of the molecule is Cc1nc2ccccc2c(-c2ccccc2)[n+]1C. The van der Waals surface area contributed by atoms with E-state index < -0.39 is 0 Å². The maximum absolute atomic E-state index is 4.62. The van der Waals surface area contributed by atoms with Crippen molar-refractivity contribution in [3.63, 3.8) is 0 Å². The third-order valence-electron chi connectivity index (χ3n) is 3.31. The van der Waals surface area contributed by atoms with E-state index >= 15 is 0 Å². The Morgan fingerprint density at radius 2 is 1.56 bits per heavy atom. The second-order valence-corrected chi connectivity index (χ2v) is 4.45. The van der Waals surface area contributed by atoms with Gasteiger partial charge in [-0.2, -0.15) is 0 Å². The molecule has 0 spiro atoms. The van der Waals surface area contributed by atoms with Gasteiger partial charge in [0.1, 0.15) is 5.69 Å². The lowest BCUT2D eigenvalue weighted by atomic mass is 10.1. The summed E-state index contributed by atoms with van der Waals surface area (Å²) in [7, 11) is 2.07. The number of benzene rings is 2. The standard InChI is InChI=1S/C16H15N2/c1-12-17-15-11-7-6-10-14(15)16(18(12)2)13-8-4-3-5-9-13/h3-11H,1-2H3/q+1. The molecule has 0 N–H and O–H groups in total. The van der Waals surface area contributed by atoms with Crippen molar-refractivity contribution in [1.82, 2.24) is 4.98 Å². The first-order chi connectivity index (χ1) is 8.77. The van der Waals surface area contributed by atoms with Gasteiger partial charge in [0.05, 0.1) is 12.4 Å². The van der Waals surface area contributed by atoms with Crippen molar-refractivity contribution in [3.05, 3.63) is 60.4 Å². The summed E-state index contributed by atoms with van der Waals surface area (Å²) in [5.74, 6) is 1.02. The van der Waals surface area contributed by atoms with Crippen LogP contribution in [-0.4, -0.2) is 4.98 Å². The van der Waals surface area contributed by atoms with Gasteiger partial charge in [0, 0.05) is 12.5 Å². The molecule has 1 heterocycles. The molecule has 0 fully saturated rings. The normalized spacial score (nSPS) is 10.8. The second kappa shape index (κ2) is 4.22. The van der Waals surface area contributed by atoms with E-state index in [9.17, 15) is 0 Å². The van der Waals surface area contributed by atoms with Gasteiger partial charge in [-0.05, 0) is 17.1 Å². The van der Waals surface area contributed by atoms with Crippen LogP contribution >= 0.6 is 0 Å². The van der Waals surface area contributed by atoms with Crippen LogP contribution in [0.4, 0.5) is 0 Å². The van der Waals surface area contributed by atoms with Crippen molar-refractivity contribution < 1.29 is 4.57 Å². The summed E-state index contributed by atoms with van der Waals surface area (Å²) >= 11 is 0. The maximum Gasteiger partial charge on any atom is 0.296 e. The van der Waals surface area contributed by atoms with Gasteiger partial charge in [-0.3, -0.25) is 0 Å². The number of hydrogen-bond acceptors (Lipinski definition) is 1. The summed E-state index contributed by atoms with van der Waals surface area (Å²) in [4.78, 5) is 4.62. The molecule has 0 saturated carbocycles. The van der Waals surface area contributed by atoms with E-state index in [0.29, 0.717) is 0 Å². The van der Waals surface area contributed by atoms with Crippen LogP contribution in [0.2, 0.25) is 0 Å². The molecule has 2 nitrogen and oxygen atoms in total. The highest BCUT2D eigenvalue weighted by molar-refractivity contribution is 5.90. The largest absolute Gasteiger partial charge is 0.296 e. The van der Waals surface area contributed by atoms with Crippen molar-refractivity contribution in [2.24, 2.45) is 7.05 Å². The highest BCUT2D eigenvalue weighted by Gasteiger charge is 2.17. The predicted octanol–water partition coefficient (Wildman–Crippen LogP) is 3.03. The molecular formula is C16H15N2+. The predicted molar refractivity (Wildman–Crippen MR) is 73.1 cm³/mol. The summed E-state index contributed by atoms with van der Waals surface area (Å²) < 4.78 is 2.15. The molecule has 0 radical (unpaired) electrons. The first-order valence-electron chi connectivity index (χ1n) is 6.08. The van der Waals surface area contributed by atoms with E-state index in [1.807, 2.05) is 19.1 Å². The smallest absolute Gasteiger partial charge is 0.230 e. The number of para-hydroxylation sites is 1. The van der Waals surface area contributed by atoms with Gasteiger partial charge in [0.15, 0.2) is 5.52 Å². The number of hydrogen-bond donors (Lipinski definition) is 0. The van der Waals surface area contributed by atoms with Crippen LogP contribution < -0.4 is 4.57 Å². The molecule has 1 aromatic heterocycles. The van der Waals surface area contributed by atoms with Crippen molar-refractivity contribution in [2.75, 3.05) is 0 Å². The number of nitrogens with zero attached hydrogens (tertiary/aromatic N) is 2. The number of aryl methyl sites for hydroxylation is 1. The van der Waals surface area contributed by atoms with E-state index in [0.717, 1.165) is 11.3 Å². The average Bonchev–Trinajstić information content (AvgIpc) is 2.41. The van der Waals surface area contributed by atoms with Gasteiger partial charge >= 0.3 is 0 Å². The highest BCUT2D eigenvalue weighted by Crippen LogP contribution is 2.24. The molecule has 0 saturated heterocycles. The Kier molecular flexibility index (Phi) is 2.56. The zero-order valence-electron chi connectivity index (χ0n) is 10.6. The molecule has 0 amide bonds. The lowest BCUT2D eigenvalue weighted by Gasteiger charge is -2.07. The van der Waals surface area contributed by atoms with Crippen LogP contribution in [0.3, 0.4) is 0 Å². The first kappa shape index (κ1) is 10.9. The number of rotatable bonds is 1.